The maximum atomic E-state index is 10.8. The van der Waals surface area contributed by atoms with Crippen molar-refractivity contribution in [1.29, 1.82) is 0 Å². The standard InChI is InChI=1S/C6H14BNO3/c1-6(2,3)11-5(9)8-4-10-7/h4,7H2,1-3H3,(H,8,9). The Bertz CT molecular complexity index is 132. The van der Waals surface area contributed by atoms with E-state index in [-0.39, 0.29) is 6.73 Å². The molecule has 0 aromatic rings. The van der Waals surface area contributed by atoms with Gasteiger partial charge in [-0.05, 0) is 20.8 Å². The molecular formula is C6H14BNO3. The predicted octanol–water partition coefficient (Wildman–Crippen LogP) is 0.0333. The first-order chi connectivity index (χ1) is 4.95. The van der Waals surface area contributed by atoms with E-state index in [1.165, 1.54) is 8.05 Å². The summed E-state index contributed by atoms with van der Waals surface area (Å²) in [5.41, 5.74) is -0.447. The van der Waals surface area contributed by atoms with Crippen molar-refractivity contribution in [2.24, 2.45) is 0 Å². The smallest absolute Gasteiger partial charge is 0.409 e. The van der Waals surface area contributed by atoms with Crippen LogP contribution >= 0.6 is 0 Å². The van der Waals surface area contributed by atoms with Gasteiger partial charge in [0.2, 0.25) is 0 Å². The normalized spacial score (nSPS) is 10.8. The lowest BCUT2D eigenvalue weighted by Gasteiger charge is -2.19. The maximum Gasteiger partial charge on any atom is 0.409 e. The fraction of sp³-hybridized carbons (Fsp3) is 0.833. The van der Waals surface area contributed by atoms with Gasteiger partial charge in [0.15, 0.2) is 0 Å². The van der Waals surface area contributed by atoms with Gasteiger partial charge in [0.05, 0.1) is 0 Å². The third kappa shape index (κ3) is 7.19. The fourth-order valence-corrected chi connectivity index (χ4v) is 0.445. The van der Waals surface area contributed by atoms with Crippen molar-refractivity contribution < 1.29 is 14.2 Å². The summed E-state index contributed by atoms with van der Waals surface area (Å²) in [7, 11) is 1.50. The van der Waals surface area contributed by atoms with E-state index in [1.54, 1.807) is 20.8 Å². The van der Waals surface area contributed by atoms with Gasteiger partial charge in [0, 0.05) is 0 Å². The molecule has 0 aliphatic heterocycles. The van der Waals surface area contributed by atoms with Crippen LogP contribution in [0.25, 0.3) is 0 Å². The molecule has 0 rings (SSSR count). The number of carbonyl (C=O) groups is 1. The van der Waals surface area contributed by atoms with Crippen LogP contribution in [-0.4, -0.2) is 26.5 Å². The van der Waals surface area contributed by atoms with Crippen LogP contribution in [0, 0.1) is 0 Å². The second kappa shape index (κ2) is 4.23. The highest BCUT2D eigenvalue weighted by molar-refractivity contribution is 5.98. The van der Waals surface area contributed by atoms with Crippen LogP contribution in [0.5, 0.6) is 0 Å². The molecule has 1 amide bonds. The molecular weight excluding hydrogens is 145 g/mol. The minimum Gasteiger partial charge on any atom is -0.444 e. The van der Waals surface area contributed by atoms with Gasteiger partial charge in [-0.2, -0.15) is 0 Å². The summed E-state index contributed by atoms with van der Waals surface area (Å²) in [6.45, 7) is 5.59. The van der Waals surface area contributed by atoms with E-state index in [0.717, 1.165) is 0 Å². The molecule has 64 valence electrons. The molecule has 0 heterocycles. The molecule has 11 heavy (non-hydrogen) atoms. The molecule has 0 radical (unpaired) electrons. The van der Waals surface area contributed by atoms with Crippen LogP contribution in [0.3, 0.4) is 0 Å². The molecule has 0 fully saturated rings. The molecule has 0 aliphatic rings. The minimum atomic E-state index is -0.459. The summed E-state index contributed by atoms with van der Waals surface area (Å²) in [6.07, 6.45) is -0.459. The Balaban J connectivity index is 3.53. The Labute approximate surface area is 67.7 Å². The number of rotatable bonds is 2. The first-order valence-electron chi connectivity index (χ1n) is 3.41. The van der Waals surface area contributed by atoms with Crippen molar-refractivity contribution in [3.05, 3.63) is 0 Å². The average Bonchev–Trinajstić information content (AvgIpc) is 1.79. The highest BCUT2D eigenvalue weighted by Gasteiger charge is 2.14. The van der Waals surface area contributed by atoms with Crippen LogP contribution in [0.15, 0.2) is 0 Å². The number of hydrogen-bond acceptors (Lipinski definition) is 3. The zero-order valence-electron chi connectivity index (χ0n) is 7.43. The summed E-state index contributed by atoms with van der Waals surface area (Å²) < 4.78 is 9.52. The Morgan fingerprint density at radius 3 is 2.45 bits per heavy atom. The van der Waals surface area contributed by atoms with E-state index in [4.69, 9.17) is 4.74 Å². The molecule has 0 aliphatic carbocycles. The zero-order valence-corrected chi connectivity index (χ0v) is 7.43. The monoisotopic (exact) mass is 159 g/mol. The van der Waals surface area contributed by atoms with Crippen molar-refractivity contribution in [3.63, 3.8) is 0 Å². The third-order valence-corrected chi connectivity index (χ3v) is 0.760. The lowest BCUT2D eigenvalue weighted by Crippen LogP contribution is -2.33. The molecule has 0 bridgehead atoms. The van der Waals surface area contributed by atoms with Gasteiger partial charge in [-0.1, -0.05) is 0 Å². The molecule has 0 spiro atoms. The van der Waals surface area contributed by atoms with Crippen molar-refractivity contribution >= 4 is 14.1 Å². The van der Waals surface area contributed by atoms with Crippen molar-refractivity contribution in [2.75, 3.05) is 6.73 Å². The summed E-state index contributed by atoms with van der Waals surface area (Å²) in [5.74, 6) is 0. The van der Waals surface area contributed by atoms with E-state index in [2.05, 4.69) is 9.97 Å². The van der Waals surface area contributed by atoms with E-state index in [9.17, 15) is 4.79 Å². The summed E-state index contributed by atoms with van der Waals surface area (Å²) in [4.78, 5) is 10.8. The molecule has 5 heteroatoms. The second-order valence-electron chi connectivity index (χ2n) is 3.11. The number of amides is 1. The molecule has 0 unspecified atom stereocenters. The van der Waals surface area contributed by atoms with Gasteiger partial charge in [-0.15, -0.1) is 0 Å². The Kier molecular flexibility index (Phi) is 3.96. The zero-order chi connectivity index (χ0) is 8.91. The van der Waals surface area contributed by atoms with E-state index in [0.29, 0.717) is 0 Å². The Morgan fingerprint density at radius 1 is 1.55 bits per heavy atom. The quantitative estimate of drug-likeness (QED) is 0.456. The van der Waals surface area contributed by atoms with Crippen molar-refractivity contribution in [2.45, 2.75) is 26.4 Å². The van der Waals surface area contributed by atoms with Crippen LogP contribution < -0.4 is 5.32 Å². The van der Waals surface area contributed by atoms with E-state index in [1.807, 2.05) is 0 Å². The number of hydrogen-bond donors (Lipinski definition) is 1. The maximum absolute atomic E-state index is 10.8. The highest BCUT2D eigenvalue weighted by Crippen LogP contribution is 2.05. The molecule has 1 N–H and O–H groups in total. The second-order valence-corrected chi connectivity index (χ2v) is 3.11. The van der Waals surface area contributed by atoms with Gasteiger partial charge in [-0.3, -0.25) is 5.32 Å². The minimum absolute atomic E-state index is 0.176. The van der Waals surface area contributed by atoms with Crippen LogP contribution in [-0.2, 0) is 9.39 Å². The predicted molar refractivity (Wildman–Crippen MR) is 43.9 cm³/mol. The van der Waals surface area contributed by atoms with Crippen molar-refractivity contribution in [1.82, 2.24) is 5.32 Å². The lowest BCUT2D eigenvalue weighted by atomic mass is 10.2. The van der Waals surface area contributed by atoms with Gasteiger partial charge >= 0.3 is 6.09 Å². The first-order valence-corrected chi connectivity index (χ1v) is 3.41. The molecule has 0 saturated carbocycles. The van der Waals surface area contributed by atoms with E-state index >= 15 is 0 Å². The average molecular weight is 159 g/mol. The lowest BCUT2D eigenvalue weighted by molar-refractivity contribution is 0.0488. The number of carbonyl (C=O) groups excluding carboxylic acids is 1. The van der Waals surface area contributed by atoms with Crippen LogP contribution in [0.2, 0.25) is 0 Å². The molecule has 0 aromatic carbocycles. The SMILES string of the molecule is BOCNC(=O)OC(C)(C)C. The largest absolute Gasteiger partial charge is 0.444 e. The number of alkyl carbamates (subject to hydrolysis) is 1. The van der Waals surface area contributed by atoms with Crippen molar-refractivity contribution in [3.8, 4) is 0 Å². The van der Waals surface area contributed by atoms with E-state index < -0.39 is 11.7 Å². The summed E-state index contributed by atoms with van der Waals surface area (Å²) >= 11 is 0. The molecule has 4 nitrogen and oxygen atoms in total. The fourth-order valence-electron chi connectivity index (χ4n) is 0.445. The molecule has 0 aromatic heterocycles. The number of nitrogens with one attached hydrogen (secondary N) is 1. The van der Waals surface area contributed by atoms with Gasteiger partial charge < -0.3 is 9.39 Å². The van der Waals surface area contributed by atoms with Crippen LogP contribution in [0.1, 0.15) is 20.8 Å². The first kappa shape index (κ1) is 10.3. The van der Waals surface area contributed by atoms with Gasteiger partial charge in [-0.25, -0.2) is 4.79 Å². The highest BCUT2D eigenvalue weighted by atomic mass is 16.6. The summed E-state index contributed by atoms with van der Waals surface area (Å²) in [5, 5.41) is 2.41. The Hall–Kier alpha value is -0.705. The topological polar surface area (TPSA) is 47.6 Å². The molecule has 0 saturated heterocycles. The summed E-state index contributed by atoms with van der Waals surface area (Å²) in [6, 6.07) is 0. The number of ether oxygens (including phenoxy) is 1. The van der Waals surface area contributed by atoms with Gasteiger partial charge in [0.1, 0.15) is 12.3 Å². The van der Waals surface area contributed by atoms with Gasteiger partial charge in [0.25, 0.3) is 8.05 Å². The third-order valence-electron chi connectivity index (χ3n) is 0.760. The molecule has 0 atom stereocenters. The van der Waals surface area contributed by atoms with Crippen LogP contribution in [0.4, 0.5) is 4.79 Å². The Morgan fingerprint density at radius 2 is 2.09 bits per heavy atom.